The van der Waals surface area contributed by atoms with Crippen LogP contribution in [-0.2, 0) is 0 Å². The van der Waals surface area contributed by atoms with Crippen LogP contribution in [0.3, 0.4) is 0 Å². The van der Waals surface area contributed by atoms with Crippen molar-refractivity contribution in [3.8, 4) is 11.5 Å². The molecule has 4 aromatic carbocycles. The van der Waals surface area contributed by atoms with Gasteiger partial charge in [0.2, 0.25) is 0 Å². The van der Waals surface area contributed by atoms with Gasteiger partial charge in [-0.3, -0.25) is 14.4 Å². The molecule has 7 rings (SSSR count). The fourth-order valence-corrected chi connectivity index (χ4v) is 7.08. The number of nitrogens with zero attached hydrogens (tertiary/aromatic N) is 1. The van der Waals surface area contributed by atoms with Gasteiger partial charge in [-0.25, -0.2) is 4.39 Å². The minimum absolute atomic E-state index is 0.279. The van der Waals surface area contributed by atoms with Crippen LogP contribution in [0.5, 0.6) is 11.5 Å². The molecule has 1 aliphatic carbocycles. The summed E-state index contributed by atoms with van der Waals surface area (Å²) in [6.07, 6.45) is 3.52. The maximum atomic E-state index is 14.7. The molecule has 0 bridgehead atoms. The first-order chi connectivity index (χ1) is 20.4. The smallest absolute Gasteiger partial charge is 0.186 e. The van der Waals surface area contributed by atoms with Crippen LogP contribution in [0.25, 0.3) is 6.08 Å². The fraction of sp³-hybridized carbons (Fsp3) is 0.171. The normalized spacial score (nSPS) is 21.2. The lowest BCUT2D eigenvalue weighted by atomic mass is 9.64. The number of benzene rings is 4. The number of anilines is 1. The van der Waals surface area contributed by atoms with Gasteiger partial charge in [-0.2, -0.15) is 0 Å². The Morgan fingerprint density at radius 1 is 0.810 bits per heavy atom. The van der Waals surface area contributed by atoms with Crippen molar-refractivity contribution in [2.75, 3.05) is 19.1 Å². The molecule has 0 saturated carbocycles. The maximum Gasteiger partial charge on any atom is 0.186 e. The second-order valence-corrected chi connectivity index (χ2v) is 10.8. The number of halogens is 1. The van der Waals surface area contributed by atoms with Crippen LogP contribution in [0.2, 0.25) is 0 Å². The molecule has 1 fully saturated rings. The highest BCUT2D eigenvalue weighted by Gasteiger charge is 2.71. The van der Waals surface area contributed by atoms with Gasteiger partial charge in [-0.1, -0.05) is 60.7 Å². The minimum atomic E-state index is -1.64. The molecule has 2 heterocycles. The van der Waals surface area contributed by atoms with Gasteiger partial charge in [0.15, 0.2) is 17.3 Å². The van der Waals surface area contributed by atoms with Gasteiger partial charge >= 0.3 is 0 Å². The highest BCUT2D eigenvalue weighted by atomic mass is 19.1. The molecule has 4 aromatic rings. The maximum absolute atomic E-state index is 14.7. The molecule has 2 aliphatic heterocycles. The predicted molar refractivity (Wildman–Crippen MR) is 156 cm³/mol. The summed E-state index contributed by atoms with van der Waals surface area (Å²) in [6.45, 7) is 0. The zero-order valence-corrected chi connectivity index (χ0v) is 22.9. The molecule has 42 heavy (non-hydrogen) atoms. The number of carbonyl (C=O) groups is 3. The fourth-order valence-electron chi connectivity index (χ4n) is 7.08. The molecule has 7 heteroatoms. The average Bonchev–Trinajstić information content (AvgIpc) is 3.46. The van der Waals surface area contributed by atoms with Crippen LogP contribution in [0, 0.1) is 11.2 Å². The Hall–Kier alpha value is -5.04. The molecular weight excluding hydrogens is 533 g/mol. The van der Waals surface area contributed by atoms with E-state index in [1.807, 2.05) is 17.0 Å². The summed E-state index contributed by atoms with van der Waals surface area (Å²) in [6, 6.07) is 23.4. The molecule has 0 N–H and O–H groups in total. The molecule has 1 spiro atoms. The van der Waals surface area contributed by atoms with Crippen molar-refractivity contribution in [2.24, 2.45) is 5.41 Å². The van der Waals surface area contributed by atoms with E-state index in [0.717, 1.165) is 0 Å². The van der Waals surface area contributed by atoms with Gasteiger partial charge in [0.1, 0.15) is 28.8 Å². The Labute approximate surface area is 242 Å². The predicted octanol–water partition coefficient (Wildman–Crippen LogP) is 6.16. The Morgan fingerprint density at radius 2 is 1.50 bits per heavy atom. The summed E-state index contributed by atoms with van der Waals surface area (Å²) >= 11 is 0. The number of rotatable bonds is 5. The Morgan fingerprint density at radius 3 is 2.17 bits per heavy atom. The van der Waals surface area contributed by atoms with E-state index in [4.69, 9.17) is 9.47 Å². The topological polar surface area (TPSA) is 72.9 Å². The summed E-state index contributed by atoms with van der Waals surface area (Å²) in [5.74, 6) is -1.11. The van der Waals surface area contributed by atoms with Gasteiger partial charge < -0.3 is 14.4 Å². The Balaban J connectivity index is 1.53. The lowest BCUT2D eigenvalue weighted by Gasteiger charge is -2.37. The van der Waals surface area contributed by atoms with E-state index in [0.29, 0.717) is 45.0 Å². The van der Waals surface area contributed by atoms with Crippen LogP contribution in [0.15, 0.2) is 97.1 Å². The van der Waals surface area contributed by atoms with Crippen molar-refractivity contribution in [1.29, 1.82) is 0 Å². The highest BCUT2D eigenvalue weighted by Crippen LogP contribution is 2.61. The average molecular weight is 560 g/mol. The lowest BCUT2D eigenvalue weighted by molar-refractivity contribution is 0.0666. The first-order valence-electron chi connectivity index (χ1n) is 13.7. The molecule has 0 radical (unpaired) electrons. The SMILES string of the molecule is COc1ccc(C2C(C(=O)c3cccc(OC)c3)N3c4ccc(F)cc4C=CC3C23C(=O)c2ccccc2C3=O)cc1. The molecule has 1 saturated heterocycles. The van der Waals surface area contributed by atoms with Crippen molar-refractivity contribution in [1.82, 2.24) is 0 Å². The van der Waals surface area contributed by atoms with Crippen LogP contribution in [0.1, 0.15) is 48.1 Å². The third kappa shape index (κ3) is 3.46. The standard InChI is InChI=1S/C35H26FNO5/c1-41-24-14-10-20(11-15-24)30-31(32(38)22-6-5-7-25(19-22)42-2)37-28-16-13-23(36)18-21(28)12-17-29(37)35(30)33(39)26-8-3-4-9-27(26)34(35)40/h3-19,29-31H,1-2H3. The van der Waals surface area contributed by atoms with Gasteiger partial charge in [0, 0.05) is 33.9 Å². The van der Waals surface area contributed by atoms with E-state index in [-0.39, 0.29) is 17.3 Å². The van der Waals surface area contributed by atoms with Gasteiger partial charge in [0.05, 0.1) is 20.3 Å². The monoisotopic (exact) mass is 559 g/mol. The number of Topliss-reactive ketones (excluding diaryl/α,β-unsaturated/α-hetero) is 3. The zero-order valence-electron chi connectivity index (χ0n) is 22.9. The van der Waals surface area contributed by atoms with Crippen molar-refractivity contribution in [3.05, 3.63) is 131 Å². The number of ether oxygens (including phenoxy) is 2. The summed E-state index contributed by atoms with van der Waals surface area (Å²) in [7, 11) is 3.08. The van der Waals surface area contributed by atoms with Crippen molar-refractivity contribution < 1.29 is 28.2 Å². The van der Waals surface area contributed by atoms with Gasteiger partial charge in [-0.05, 0) is 48.0 Å². The van der Waals surface area contributed by atoms with Crippen LogP contribution < -0.4 is 14.4 Å². The Bertz CT molecular complexity index is 1780. The minimum Gasteiger partial charge on any atom is -0.497 e. The third-order valence-corrected chi connectivity index (χ3v) is 8.86. The van der Waals surface area contributed by atoms with E-state index in [2.05, 4.69) is 0 Å². The van der Waals surface area contributed by atoms with Crippen LogP contribution >= 0.6 is 0 Å². The Kier molecular flexibility index (Phi) is 5.87. The van der Waals surface area contributed by atoms with E-state index in [1.54, 1.807) is 86.0 Å². The summed E-state index contributed by atoms with van der Waals surface area (Å²) in [5, 5.41) is 0. The molecule has 208 valence electrons. The van der Waals surface area contributed by atoms with Gasteiger partial charge in [0.25, 0.3) is 0 Å². The number of ketones is 3. The van der Waals surface area contributed by atoms with E-state index >= 15 is 0 Å². The molecule has 3 atom stereocenters. The summed E-state index contributed by atoms with van der Waals surface area (Å²) in [5.41, 5.74) is 1.22. The quantitative estimate of drug-likeness (QED) is 0.216. The molecule has 6 nitrogen and oxygen atoms in total. The first kappa shape index (κ1) is 25.9. The van der Waals surface area contributed by atoms with E-state index in [1.165, 1.54) is 19.2 Å². The molecule has 0 aromatic heterocycles. The number of fused-ring (bicyclic) bond motifs is 5. The zero-order chi connectivity index (χ0) is 29.2. The second-order valence-electron chi connectivity index (χ2n) is 10.8. The van der Waals surface area contributed by atoms with Crippen molar-refractivity contribution in [2.45, 2.75) is 18.0 Å². The van der Waals surface area contributed by atoms with E-state index < -0.39 is 29.2 Å². The second kappa shape index (κ2) is 9.52. The molecule has 3 unspecified atom stereocenters. The first-order valence-corrected chi connectivity index (χ1v) is 13.7. The van der Waals surface area contributed by atoms with Crippen molar-refractivity contribution in [3.63, 3.8) is 0 Å². The van der Waals surface area contributed by atoms with E-state index in [9.17, 15) is 18.8 Å². The molecule has 3 aliphatic rings. The number of methoxy groups -OCH3 is 2. The number of hydrogen-bond acceptors (Lipinski definition) is 6. The lowest BCUT2D eigenvalue weighted by Crippen LogP contribution is -2.48. The summed E-state index contributed by atoms with van der Waals surface area (Å²) < 4.78 is 25.2. The molecule has 0 amide bonds. The highest BCUT2D eigenvalue weighted by molar-refractivity contribution is 6.32. The van der Waals surface area contributed by atoms with Crippen LogP contribution in [-0.4, -0.2) is 43.7 Å². The number of hydrogen-bond donors (Lipinski definition) is 0. The number of carbonyl (C=O) groups excluding carboxylic acids is 3. The van der Waals surface area contributed by atoms with Crippen LogP contribution in [0.4, 0.5) is 10.1 Å². The summed E-state index contributed by atoms with van der Waals surface area (Å²) in [4.78, 5) is 45.9. The largest absolute Gasteiger partial charge is 0.497 e. The van der Waals surface area contributed by atoms with Gasteiger partial charge in [-0.15, -0.1) is 0 Å². The third-order valence-electron chi connectivity index (χ3n) is 8.86. The molecular formula is C35H26FNO5. The van der Waals surface area contributed by atoms with Crippen molar-refractivity contribution >= 4 is 29.1 Å².